The number of hydrogen-bond donors (Lipinski definition) is 1. The van der Waals surface area contributed by atoms with Crippen LogP contribution < -0.4 is 14.8 Å². The molecule has 3 rings (SSSR count). The number of fused-ring (bicyclic) bond motifs is 1. The predicted molar refractivity (Wildman–Crippen MR) is 102 cm³/mol. The summed E-state index contributed by atoms with van der Waals surface area (Å²) in [6, 6.07) is 17.3. The number of benzene rings is 2. The maximum Gasteiger partial charge on any atom is 0.261 e. The van der Waals surface area contributed by atoms with Crippen molar-refractivity contribution in [2.75, 3.05) is 0 Å². The molecule has 2 aromatic rings. The third-order valence-corrected chi connectivity index (χ3v) is 5.23. The van der Waals surface area contributed by atoms with Crippen LogP contribution in [0.3, 0.4) is 0 Å². The minimum absolute atomic E-state index is 0.0748. The van der Waals surface area contributed by atoms with Crippen LogP contribution in [-0.2, 0) is 4.79 Å². The largest absolute Gasteiger partial charge is 0.487 e. The highest BCUT2D eigenvalue weighted by Gasteiger charge is 2.39. The van der Waals surface area contributed by atoms with Gasteiger partial charge < -0.3 is 14.8 Å². The van der Waals surface area contributed by atoms with Crippen LogP contribution in [0.2, 0.25) is 0 Å². The van der Waals surface area contributed by atoms with Crippen molar-refractivity contribution in [1.82, 2.24) is 5.32 Å². The van der Waals surface area contributed by atoms with Crippen molar-refractivity contribution in [1.29, 1.82) is 0 Å². The highest BCUT2D eigenvalue weighted by Crippen LogP contribution is 2.42. The third-order valence-electron chi connectivity index (χ3n) is 5.23. The van der Waals surface area contributed by atoms with E-state index in [0.717, 1.165) is 30.6 Å². The number of rotatable bonds is 6. The Morgan fingerprint density at radius 3 is 2.50 bits per heavy atom. The molecule has 0 saturated heterocycles. The minimum Gasteiger partial charge on any atom is -0.487 e. The molecule has 0 saturated carbocycles. The van der Waals surface area contributed by atoms with Crippen molar-refractivity contribution in [2.24, 2.45) is 0 Å². The molecular formula is C22H27NO3. The Balaban J connectivity index is 1.76. The van der Waals surface area contributed by atoms with Gasteiger partial charge in [0.05, 0.1) is 6.04 Å². The molecule has 0 radical (unpaired) electrons. The van der Waals surface area contributed by atoms with Gasteiger partial charge in [0.2, 0.25) is 0 Å². The zero-order valence-corrected chi connectivity index (χ0v) is 15.7. The molecule has 1 heterocycles. The summed E-state index contributed by atoms with van der Waals surface area (Å²) in [4.78, 5) is 12.7. The van der Waals surface area contributed by atoms with E-state index < -0.39 is 6.10 Å². The number of carbonyl (C=O) groups excluding carboxylic acids is 1. The van der Waals surface area contributed by atoms with Crippen molar-refractivity contribution >= 4 is 5.91 Å². The molecule has 0 bridgehead atoms. The molecule has 26 heavy (non-hydrogen) atoms. The summed E-state index contributed by atoms with van der Waals surface area (Å²) in [5.41, 5.74) is 0.792. The first-order valence-electron chi connectivity index (χ1n) is 9.37. The van der Waals surface area contributed by atoms with Gasteiger partial charge in [-0.3, -0.25) is 4.79 Å². The third kappa shape index (κ3) is 3.85. The number of carbonyl (C=O) groups is 1. The molecule has 0 aromatic heterocycles. The predicted octanol–water partition coefficient (Wildman–Crippen LogP) is 4.65. The van der Waals surface area contributed by atoms with Crippen LogP contribution in [0.4, 0.5) is 0 Å². The summed E-state index contributed by atoms with van der Waals surface area (Å²) in [7, 11) is 0. The first-order valence-corrected chi connectivity index (χ1v) is 9.37. The second kappa shape index (κ2) is 7.81. The number of amides is 1. The average Bonchev–Trinajstić information content (AvgIpc) is 2.68. The molecule has 0 fully saturated rings. The fraction of sp³-hybridized carbons (Fsp3) is 0.409. The van der Waals surface area contributed by atoms with Crippen LogP contribution in [-0.4, -0.2) is 17.6 Å². The highest BCUT2D eigenvalue weighted by molar-refractivity contribution is 5.81. The van der Waals surface area contributed by atoms with Gasteiger partial charge in [0.15, 0.2) is 6.10 Å². The van der Waals surface area contributed by atoms with E-state index in [1.807, 2.05) is 54.6 Å². The standard InChI is InChI=1S/C22H27NO3/c1-4-22(5-2)15-19(18-13-9-10-14-20(18)26-22)23-21(24)16(3)25-17-11-7-6-8-12-17/h6-14,16,19H,4-5,15H2,1-3H3,(H,23,24)/t16-,19-/m0/s1. The molecule has 0 aliphatic carbocycles. The Labute approximate surface area is 155 Å². The molecular weight excluding hydrogens is 326 g/mol. The topological polar surface area (TPSA) is 47.6 Å². The zero-order chi connectivity index (χ0) is 18.6. The second-order valence-corrected chi connectivity index (χ2v) is 6.87. The summed E-state index contributed by atoms with van der Waals surface area (Å²) < 4.78 is 12.1. The van der Waals surface area contributed by atoms with Crippen molar-refractivity contribution in [3.05, 3.63) is 60.2 Å². The summed E-state index contributed by atoms with van der Waals surface area (Å²) in [6.45, 7) is 6.05. The van der Waals surface area contributed by atoms with E-state index in [1.54, 1.807) is 6.92 Å². The number of nitrogens with one attached hydrogen (secondary N) is 1. The Bertz CT molecular complexity index is 740. The molecule has 0 spiro atoms. The molecule has 1 amide bonds. The van der Waals surface area contributed by atoms with Crippen molar-refractivity contribution < 1.29 is 14.3 Å². The van der Waals surface area contributed by atoms with E-state index in [-0.39, 0.29) is 17.6 Å². The Kier molecular flexibility index (Phi) is 5.50. The number of ether oxygens (including phenoxy) is 2. The van der Waals surface area contributed by atoms with Gasteiger partial charge in [-0.2, -0.15) is 0 Å². The first kappa shape index (κ1) is 18.3. The van der Waals surface area contributed by atoms with Crippen LogP contribution in [0.5, 0.6) is 11.5 Å². The van der Waals surface area contributed by atoms with Crippen LogP contribution in [0.15, 0.2) is 54.6 Å². The average molecular weight is 353 g/mol. The zero-order valence-electron chi connectivity index (χ0n) is 15.7. The Morgan fingerprint density at radius 1 is 1.15 bits per heavy atom. The fourth-order valence-corrected chi connectivity index (χ4v) is 3.48. The van der Waals surface area contributed by atoms with E-state index in [0.29, 0.717) is 5.75 Å². The molecule has 4 nitrogen and oxygen atoms in total. The van der Waals surface area contributed by atoms with Gasteiger partial charge in [-0.25, -0.2) is 0 Å². The summed E-state index contributed by atoms with van der Waals surface area (Å²) in [6.07, 6.45) is 2.01. The molecule has 1 N–H and O–H groups in total. The Morgan fingerprint density at radius 2 is 1.81 bits per heavy atom. The van der Waals surface area contributed by atoms with Crippen LogP contribution in [0.1, 0.15) is 51.6 Å². The van der Waals surface area contributed by atoms with E-state index >= 15 is 0 Å². The summed E-state index contributed by atoms with van der Waals surface area (Å²) >= 11 is 0. The lowest BCUT2D eigenvalue weighted by Gasteiger charge is -2.41. The molecule has 138 valence electrons. The normalized spacial score (nSPS) is 19.0. The Hall–Kier alpha value is -2.49. The summed E-state index contributed by atoms with van der Waals surface area (Å²) in [5, 5.41) is 3.17. The molecule has 2 atom stereocenters. The molecule has 0 unspecified atom stereocenters. The molecule has 4 heteroatoms. The lowest BCUT2D eigenvalue weighted by Crippen LogP contribution is -2.46. The van der Waals surface area contributed by atoms with Crippen molar-refractivity contribution in [2.45, 2.75) is 57.8 Å². The maximum atomic E-state index is 12.7. The second-order valence-electron chi connectivity index (χ2n) is 6.87. The lowest BCUT2D eigenvalue weighted by molar-refractivity contribution is -0.128. The monoisotopic (exact) mass is 353 g/mol. The van der Waals surface area contributed by atoms with E-state index in [9.17, 15) is 4.79 Å². The van der Waals surface area contributed by atoms with Crippen LogP contribution in [0, 0.1) is 0 Å². The van der Waals surface area contributed by atoms with Gasteiger partial charge in [-0.05, 0) is 38.0 Å². The summed E-state index contributed by atoms with van der Waals surface area (Å²) in [5.74, 6) is 1.44. The lowest BCUT2D eigenvalue weighted by atomic mass is 9.83. The van der Waals surface area contributed by atoms with Crippen LogP contribution in [0.25, 0.3) is 0 Å². The number of hydrogen-bond acceptors (Lipinski definition) is 3. The minimum atomic E-state index is -0.565. The van der Waals surface area contributed by atoms with Gasteiger partial charge in [0.25, 0.3) is 5.91 Å². The smallest absolute Gasteiger partial charge is 0.261 e. The number of para-hydroxylation sites is 2. The van der Waals surface area contributed by atoms with Gasteiger partial charge >= 0.3 is 0 Å². The molecule has 2 aromatic carbocycles. The van der Waals surface area contributed by atoms with Crippen LogP contribution >= 0.6 is 0 Å². The van der Waals surface area contributed by atoms with Crippen molar-refractivity contribution in [3.8, 4) is 11.5 Å². The van der Waals surface area contributed by atoms with Gasteiger partial charge in [0.1, 0.15) is 17.1 Å². The van der Waals surface area contributed by atoms with E-state index in [4.69, 9.17) is 9.47 Å². The van der Waals surface area contributed by atoms with Crippen molar-refractivity contribution in [3.63, 3.8) is 0 Å². The first-order chi connectivity index (χ1) is 12.6. The molecule has 1 aliphatic rings. The van der Waals surface area contributed by atoms with E-state index in [1.165, 1.54) is 0 Å². The van der Waals surface area contributed by atoms with Gasteiger partial charge in [-0.1, -0.05) is 50.2 Å². The quantitative estimate of drug-likeness (QED) is 0.822. The van der Waals surface area contributed by atoms with Gasteiger partial charge in [0, 0.05) is 12.0 Å². The SMILES string of the molecule is CCC1(CC)C[C@H](NC(=O)[C@H](C)Oc2ccccc2)c2ccccc2O1. The highest BCUT2D eigenvalue weighted by atomic mass is 16.5. The molecule has 1 aliphatic heterocycles. The maximum absolute atomic E-state index is 12.7. The van der Waals surface area contributed by atoms with E-state index in [2.05, 4.69) is 19.2 Å². The van der Waals surface area contributed by atoms with Gasteiger partial charge in [-0.15, -0.1) is 0 Å². The fourth-order valence-electron chi connectivity index (χ4n) is 3.48.